The number of pyridine rings is 1. The minimum absolute atomic E-state index is 0. The van der Waals surface area contributed by atoms with Crippen molar-refractivity contribution in [3.63, 3.8) is 0 Å². The van der Waals surface area contributed by atoms with Gasteiger partial charge in [0.15, 0.2) is 12.4 Å². The van der Waals surface area contributed by atoms with E-state index in [9.17, 15) is 4.79 Å². The van der Waals surface area contributed by atoms with Gasteiger partial charge >= 0.3 is 6.09 Å². The SMILES string of the molecule is CCOC(=O)[n+]1cccc(-c2ccccc2)c1.[Cl-]. The number of ether oxygens (including phenoxy) is 1. The Morgan fingerprint density at radius 3 is 2.44 bits per heavy atom. The summed E-state index contributed by atoms with van der Waals surface area (Å²) in [5, 5.41) is 0. The molecule has 0 bridgehead atoms. The highest BCUT2D eigenvalue weighted by Gasteiger charge is 2.15. The van der Waals surface area contributed by atoms with Crippen LogP contribution in [0.3, 0.4) is 0 Å². The van der Waals surface area contributed by atoms with Crippen molar-refractivity contribution < 1.29 is 26.5 Å². The van der Waals surface area contributed by atoms with E-state index in [4.69, 9.17) is 4.74 Å². The van der Waals surface area contributed by atoms with Gasteiger partial charge in [0.25, 0.3) is 0 Å². The Bertz CT molecular complexity index is 514. The third-order valence-corrected chi connectivity index (χ3v) is 2.39. The molecule has 1 aromatic carbocycles. The quantitative estimate of drug-likeness (QED) is 0.694. The van der Waals surface area contributed by atoms with Crippen molar-refractivity contribution in [1.29, 1.82) is 0 Å². The van der Waals surface area contributed by atoms with Crippen LogP contribution in [0.1, 0.15) is 6.92 Å². The normalized spacial score (nSPS) is 9.39. The standard InChI is InChI=1S/C14H14NO2.ClH/c1-2-17-14(16)15-10-6-9-13(11-15)12-7-4-3-5-8-12;/h3-11H,2H2,1H3;1H/q+1;/p-1. The lowest BCUT2D eigenvalue weighted by molar-refractivity contribution is -0.585. The lowest BCUT2D eigenvalue weighted by atomic mass is 10.1. The van der Waals surface area contributed by atoms with Gasteiger partial charge in [-0.3, -0.25) is 0 Å². The fourth-order valence-corrected chi connectivity index (χ4v) is 1.59. The van der Waals surface area contributed by atoms with Gasteiger partial charge in [0.05, 0.1) is 6.61 Å². The second-order valence-electron chi connectivity index (χ2n) is 3.56. The summed E-state index contributed by atoms with van der Waals surface area (Å²) in [6.07, 6.45) is 3.10. The van der Waals surface area contributed by atoms with E-state index in [2.05, 4.69) is 0 Å². The van der Waals surface area contributed by atoms with Crippen LogP contribution in [0, 0.1) is 0 Å². The summed E-state index contributed by atoms with van der Waals surface area (Å²) in [4.78, 5) is 11.6. The number of rotatable bonds is 2. The molecular formula is C14H14ClNO2. The maximum Gasteiger partial charge on any atom is 0.601 e. The number of aromatic nitrogens is 1. The number of carbonyl (C=O) groups is 1. The first-order valence-corrected chi connectivity index (χ1v) is 5.55. The first-order chi connectivity index (χ1) is 8.31. The summed E-state index contributed by atoms with van der Waals surface area (Å²) in [6.45, 7) is 2.17. The third kappa shape index (κ3) is 3.31. The molecule has 0 spiro atoms. The Hall–Kier alpha value is -1.87. The highest BCUT2D eigenvalue weighted by Crippen LogP contribution is 2.15. The largest absolute Gasteiger partial charge is 1.00 e. The van der Waals surface area contributed by atoms with Crippen LogP contribution in [0.5, 0.6) is 0 Å². The molecule has 0 saturated heterocycles. The molecule has 0 saturated carbocycles. The highest BCUT2D eigenvalue weighted by molar-refractivity contribution is 5.63. The number of carbonyl (C=O) groups excluding carboxylic acids is 1. The van der Waals surface area contributed by atoms with Crippen molar-refractivity contribution in [3.8, 4) is 11.1 Å². The lowest BCUT2D eigenvalue weighted by Crippen LogP contribution is -3.00. The van der Waals surface area contributed by atoms with Gasteiger partial charge in [0, 0.05) is 11.6 Å². The Morgan fingerprint density at radius 1 is 1.11 bits per heavy atom. The van der Waals surface area contributed by atoms with Crippen LogP contribution in [0.25, 0.3) is 11.1 Å². The third-order valence-electron chi connectivity index (χ3n) is 2.39. The minimum Gasteiger partial charge on any atom is -1.00 e. The molecular weight excluding hydrogens is 250 g/mol. The maximum absolute atomic E-state index is 11.6. The minimum atomic E-state index is -0.356. The average molecular weight is 264 g/mol. The molecule has 1 aromatic heterocycles. The van der Waals surface area contributed by atoms with Gasteiger partial charge in [-0.05, 0) is 18.6 Å². The molecule has 1 heterocycles. The van der Waals surface area contributed by atoms with Gasteiger partial charge in [0.2, 0.25) is 0 Å². The molecule has 0 fully saturated rings. The highest BCUT2D eigenvalue weighted by atomic mass is 35.5. The summed E-state index contributed by atoms with van der Waals surface area (Å²) < 4.78 is 6.39. The fourth-order valence-electron chi connectivity index (χ4n) is 1.59. The van der Waals surface area contributed by atoms with Gasteiger partial charge < -0.3 is 17.1 Å². The summed E-state index contributed by atoms with van der Waals surface area (Å²) in [5.74, 6) is 0. The first kappa shape index (κ1) is 14.2. The van der Waals surface area contributed by atoms with Crippen molar-refractivity contribution in [1.82, 2.24) is 0 Å². The molecule has 18 heavy (non-hydrogen) atoms. The van der Waals surface area contributed by atoms with Gasteiger partial charge in [-0.25, -0.2) is 0 Å². The Morgan fingerprint density at radius 2 is 1.78 bits per heavy atom. The molecule has 2 aromatic rings. The van der Waals surface area contributed by atoms with Crippen LogP contribution >= 0.6 is 0 Å². The fraction of sp³-hybridized carbons (Fsp3) is 0.143. The number of halogens is 1. The van der Waals surface area contributed by atoms with Crippen molar-refractivity contribution in [3.05, 3.63) is 54.9 Å². The van der Waals surface area contributed by atoms with E-state index >= 15 is 0 Å². The molecule has 0 radical (unpaired) electrons. The van der Waals surface area contributed by atoms with E-state index in [-0.39, 0.29) is 18.5 Å². The molecule has 0 aliphatic carbocycles. The van der Waals surface area contributed by atoms with E-state index in [1.54, 1.807) is 19.3 Å². The summed E-state index contributed by atoms with van der Waals surface area (Å²) >= 11 is 0. The number of benzene rings is 1. The summed E-state index contributed by atoms with van der Waals surface area (Å²) in [5.41, 5.74) is 2.06. The number of hydrogen-bond donors (Lipinski definition) is 0. The summed E-state index contributed by atoms with van der Waals surface area (Å²) in [7, 11) is 0. The Kier molecular flexibility index (Phi) is 5.33. The maximum atomic E-state index is 11.6. The lowest BCUT2D eigenvalue weighted by Gasteiger charge is -1.99. The molecule has 3 nitrogen and oxygen atoms in total. The molecule has 2 rings (SSSR count). The van der Waals surface area contributed by atoms with E-state index in [1.807, 2.05) is 42.5 Å². The van der Waals surface area contributed by atoms with Crippen molar-refractivity contribution in [2.24, 2.45) is 0 Å². The smallest absolute Gasteiger partial charge is 0.601 e. The second-order valence-corrected chi connectivity index (χ2v) is 3.56. The van der Waals surface area contributed by atoms with Crippen LogP contribution in [-0.2, 0) is 4.74 Å². The number of nitrogens with zero attached hydrogens (tertiary/aromatic N) is 1. The molecule has 4 heteroatoms. The zero-order valence-corrected chi connectivity index (χ0v) is 10.8. The molecule has 0 aliphatic rings. The number of hydrogen-bond acceptors (Lipinski definition) is 2. The van der Waals surface area contributed by atoms with Gasteiger partial charge in [-0.15, -0.1) is 0 Å². The van der Waals surface area contributed by atoms with Crippen LogP contribution in [0.4, 0.5) is 4.79 Å². The van der Waals surface area contributed by atoms with Gasteiger partial charge in [0.1, 0.15) is 0 Å². The van der Waals surface area contributed by atoms with E-state index in [0.29, 0.717) is 6.61 Å². The van der Waals surface area contributed by atoms with Crippen molar-refractivity contribution >= 4 is 6.09 Å². The van der Waals surface area contributed by atoms with Crippen molar-refractivity contribution in [2.75, 3.05) is 6.61 Å². The van der Waals surface area contributed by atoms with Crippen LogP contribution in [0.2, 0.25) is 0 Å². The predicted molar refractivity (Wildman–Crippen MR) is 64.5 cm³/mol. The van der Waals surface area contributed by atoms with E-state index in [1.165, 1.54) is 4.57 Å². The molecule has 0 N–H and O–H groups in total. The van der Waals surface area contributed by atoms with Crippen LogP contribution in [0.15, 0.2) is 54.9 Å². The van der Waals surface area contributed by atoms with Gasteiger partial charge in [-0.2, -0.15) is 4.79 Å². The molecule has 94 valence electrons. The topological polar surface area (TPSA) is 30.2 Å². The molecule has 0 aliphatic heterocycles. The predicted octanol–water partition coefficient (Wildman–Crippen LogP) is -0.350. The van der Waals surface area contributed by atoms with Crippen molar-refractivity contribution in [2.45, 2.75) is 6.92 Å². The monoisotopic (exact) mass is 263 g/mol. The molecule has 0 unspecified atom stereocenters. The Labute approximate surface area is 112 Å². The van der Waals surface area contributed by atoms with Gasteiger partial charge in [-0.1, -0.05) is 34.9 Å². The second kappa shape index (κ2) is 6.77. The molecule has 0 atom stereocenters. The summed E-state index contributed by atoms with van der Waals surface area (Å²) in [6, 6.07) is 13.7. The van der Waals surface area contributed by atoms with Crippen LogP contribution in [-0.4, -0.2) is 12.7 Å². The van der Waals surface area contributed by atoms with E-state index in [0.717, 1.165) is 11.1 Å². The van der Waals surface area contributed by atoms with E-state index < -0.39 is 0 Å². The van der Waals surface area contributed by atoms with Crippen LogP contribution < -0.4 is 17.0 Å². The Balaban J connectivity index is 0.00000162. The first-order valence-electron chi connectivity index (χ1n) is 5.55. The zero-order valence-electron chi connectivity index (χ0n) is 10.0. The zero-order chi connectivity index (χ0) is 12.1. The average Bonchev–Trinajstić information content (AvgIpc) is 2.40. The molecule has 0 amide bonds.